The van der Waals surface area contributed by atoms with Gasteiger partial charge in [0.25, 0.3) is 5.69 Å². The Labute approximate surface area is 119 Å². The number of nitrogens with zero attached hydrogens (tertiary/aromatic N) is 3. The van der Waals surface area contributed by atoms with E-state index in [9.17, 15) is 10.1 Å². The van der Waals surface area contributed by atoms with Gasteiger partial charge in [0.15, 0.2) is 5.76 Å². The molecule has 21 heavy (non-hydrogen) atoms. The van der Waals surface area contributed by atoms with Crippen molar-refractivity contribution in [1.82, 2.24) is 10.1 Å². The zero-order valence-electron chi connectivity index (χ0n) is 11.2. The van der Waals surface area contributed by atoms with Crippen LogP contribution in [-0.2, 0) is 6.54 Å². The maximum atomic E-state index is 11.0. The summed E-state index contributed by atoms with van der Waals surface area (Å²) >= 11 is 0. The summed E-state index contributed by atoms with van der Waals surface area (Å²) in [4.78, 5) is 14.7. The number of anilines is 1. The molecule has 3 rings (SSSR count). The third-order valence-corrected chi connectivity index (χ3v) is 3.07. The molecule has 0 saturated carbocycles. The van der Waals surface area contributed by atoms with Gasteiger partial charge in [-0.3, -0.25) is 10.1 Å². The molecule has 1 N–H and O–H groups in total. The van der Waals surface area contributed by atoms with Crippen LogP contribution in [0.3, 0.4) is 0 Å². The van der Waals surface area contributed by atoms with Gasteiger partial charge in [0.1, 0.15) is 5.52 Å². The predicted molar refractivity (Wildman–Crippen MR) is 77.0 cm³/mol. The molecule has 0 saturated heterocycles. The van der Waals surface area contributed by atoms with E-state index < -0.39 is 4.92 Å². The molecular weight excluding hydrogens is 272 g/mol. The molecule has 0 bridgehead atoms. The molecule has 0 aliphatic heterocycles. The molecule has 0 radical (unpaired) electrons. The number of hydrogen-bond donors (Lipinski definition) is 1. The summed E-state index contributed by atoms with van der Waals surface area (Å²) in [5, 5.41) is 18.7. The Bertz CT molecular complexity index is 813. The summed E-state index contributed by atoms with van der Waals surface area (Å²) in [6.45, 7) is 2.29. The van der Waals surface area contributed by atoms with Crippen molar-refractivity contribution in [2.75, 3.05) is 5.32 Å². The highest BCUT2D eigenvalue weighted by atomic mass is 16.6. The number of nitro benzene ring substituents is 1. The second-order valence-electron chi connectivity index (χ2n) is 4.58. The first-order chi connectivity index (χ1) is 10.1. The summed E-state index contributed by atoms with van der Waals surface area (Å²) < 4.78 is 5.12. The second-order valence-corrected chi connectivity index (χ2v) is 4.58. The Kier molecular flexibility index (Phi) is 3.23. The lowest BCUT2D eigenvalue weighted by Gasteiger charge is -2.08. The average molecular weight is 284 g/mol. The Morgan fingerprint density at radius 2 is 2.24 bits per heavy atom. The van der Waals surface area contributed by atoms with Crippen molar-refractivity contribution in [2.24, 2.45) is 0 Å². The van der Waals surface area contributed by atoms with Crippen LogP contribution >= 0.6 is 0 Å². The summed E-state index contributed by atoms with van der Waals surface area (Å²) in [7, 11) is 0. The van der Waals surface area contributed by atoms with Gasteiger partial charge in [-0.15, -0.1) is 0 Å². The monoisotopic (exact) mass is 284 g/mol. The van der Waals surface area contributed by atoms with E-state index in [1.165, 1.54) is 6.07 Å². The molecular formula is C14H12N4O3. The van der Waals surface area contributed by atoms with Gasteiger partial charge >= 0.3 is 0 Å². The Hall–Kier alpha value is -2.96. The average Bonchev–Trinajstić information content (AvgIpc) is 2.90. The van der Waals surface area contributed by atoms with Crippen LogP contribution in [-0.4, -0.2) is 15.1 Å². The standard InChI is InChI=1S/C14H12N4O3/c1-9-7-10(21-17-9)8-16-12-4-5-13(18(19)20)14-11(12)3-2-6-15-14/h2-7,16H,8H2,1H3. The quantitative estimate of drug-likeness (QED) is 0.584. The zero-order valence-corrected chi connectivity index (χ0v) is 11.2. The number of pyridine rings is 1. The predicted octanol–water partition coefficient (Wildman–Crippen LogP) is 3.05. The van der Waals surface area contributed by atoms with E-state index in [4.69, 9.17) is 4.52 Å². The maximum absolute atomic E-state index is 11.0. The van der Waals surface area contributed by atoms with Crippen LogP contribution in [0.5, 0.6) is 0 Å². The Balaban J connectivity index is 1.96. The molecule has 7 nitrogen and oxygen atoms in total. The summed E-state index contributed by atoms with van der Waals surface area (Å²) in [5.74, 6) is 0.697. The van der Waals surface area contributed by atoms with Crippen molar-refractivity contribution in [3.05, 3.63) is 58.1 Å². The minimum Gasteiger partial charge on any atom is -0.377 e. The van der Waals surface area contributed by atoms with Crippen molar-refractivity contribution in [1.29, 1.82) is 0 Å². The smallest absolute Gasteiger partial charge is 0.295 e. The van der Waals surface area contributed by atoms with Gasteiger partial charge in [0.2, 0.25) is 0 Å². The van der Waals surface area contributed by atoms with E-state index in [0.717, 1.165) is 11.4 Å². The third-order valence-electron chi connectivity index (χ3n) is 3.07. The lowest BCUT2D eigenvalue weighted by atomic mass is 10.1. The number of benzene rings is 1. The third kappa shape index (κ3) is 2.53. The molecule has 106 valence electrons. The first kappa shape index (κ1) is 13.0. The number of aromatic nitrogens is 2. The molecule has 0 spiro atoms. The Morgan fingerprint density at radius 1 is 1.38 bits per heavy atom. The van der Waals surface area contributed by atoms with E-state index in [1.54, 1.807) is 24.4 Å². The molecule has 0 atom stereocenters. The number of hydrogen-bond acceptors (Lipinski definition) is 6. The van der Waals surface area contributed by atoms with Crippen molar-refractivity contribution < 1.29 is 9.45 Å². The molecule has 0 fully saturated rings. The minimum atomic E-state index is -0.432. The molecule has 0 unspecified atom stereocenters. The maximum Gasteiger partial charge on any atom is 0.295 e. The summed E-state index contributed by atoms with van der Waals surface area (Å²) in [5.41, 5.74) is 1.92. The molecule has 2 aromatic heterocycles. The number of non-ortho nitro benzene ring substituents is 1. The van der Waals surface area contributed by atoms with E-state index in [2.05, 4.69) is 15.5 Å². The van der Waals surface area contributed by atoms with Crippen LogP contribution in [0.2, 0.25) is 0 Å². The minimum absolute atomic E-state index is 0.00772. The van der Waals surface area contributed by atoms with Crippen LogP contribution in [0.25, 0.3) is 10.9 Å². The Morgan fingerprint density at radius 3 is 2.95 bits per heavy atom. The number of fused-ring (bicyclic) bond motifs is 1. The summed E-state index contributed by atoms with van der Waals surface area (Å²) in [6.07, 6.45) is 1.54. The highest BCUT2D eigenvalue weighted by Gasteiger charge is 2.15. The first-order valence-electron chi connectivity index (χ1n) is 6.33. The molecule has 0 aliphatic rings. The highest BCUT2D eigenvalue weighted by molar-refractivity contribution is 5.96. The second kappa shape index (κ2) is 5.20. The topological polar surface area (TPSA) is 94.1 Å². The van der Waals surface area contributed by atoms with Gasteiger partial charge in [-0.1, -0.05) is 5.16 Å². The van der Waals surface area contributed by atoms with Gasteiger partial charge in [-0.05, 0) is 25.1 Å². The van der Waals surface area contributed by atoms with E-state index in [0.29, 0.717) is 23.2 Å². The van der Waals surface area contributed by atoms with Crippen molar-refractivity contribution in [2.45, 2.75) is 13.5 Å². The molecule has 1 aromatic carbocycles. The lowest BCUT2D eigenvalue weighted by Crippen LogP contribution is -2.00. The van der Waals surface area contributed by atoms with Gasteiger partial charge in [0, 0.05) is 29.4 Å². The SMILES string of the molecule is Cc1cc(CNc2ccc([N+](=O)[O-])c3ncccc23)on1. The van der Waals surface area contributed by atoms with Gasteiger partial charge < -0.3 is 9.84 Å². The van der Waals surface area contributed by atoms with E-state index in [-0.39, 0.29) is 5.69 Å². The fourth-order valence-corrected chi connectivity index (χ4v) is 2.14. The van der Waals surface area contributed by atoms with E-state index in [1.807, 2.05) is 13.0 Å². The van der Waals surface area contributed by atoms with Gasteiger partial charge in [-0.2, -0.15) is 0 Å². The zero-order chi connectivity index (χ0) is 14.8. The first-order valence-corrected chi connectivity index (χ1v) is 6.33. The highest BCUT2D eigenvalue weighted by Crippen LogP contribution is 2.29. The number of rotatable bonds is 4. The van der Waals surface area contributed by atoms with Crippen LogP contribution in [0.4, 0.5) is 11.4 Å². The molecule has 7 heteroatoms. The molecule has 0 aliphatic carbocycles. The van der Waals surface area contributed by atoms with Crippen molar-refractivity contribution in [3.63, 3.8) is 0 Å². The van der Waals surface area contributed by atoms with Crippen LogP contribution in [0.15, 0.2) is 41.1 Å². The largest absolute Gasteiger partial charge is 0.377 e. The van der Waals surface area contributed by atoms with Gasteiger partial charge in [0.05, 0.1) is 17.2 Å². The fourth-order valence-electron chi connectivity index (χ4n) is 2.14. The lowest BCUT2D eigenvalue weighted by molar-refractivity contribution is -0.383. The normalized spacial score (nSPS) is 10.7. The van der Waals surface area contributed by atoms with Gasteiger partial charge in [-0.25, -0.2) is 4.98 Å². The van der Waals surface area contributed by atoms with Crippen LogP contribution < -0.4 is 5.32 Å². The number of nitrogens with one attached hydrogen (secondary N) is 1. The summed E-state index contributed by atoms with van der Waals surface area (Å²) in [6, 6.07) is 8.49. The molecule has 3 aromatic rings. The number of nitro groups is 1. The number of aryl methyl sites for hydroxylation is 1. The van der Waals surface area contributed by atoms with E-state index >= 15 is 0 Å². The van der Waals surface area contributed by atoms with Crippen LogP contribution in [0, 0.1) is 17.0 Å². The fraction of sp³-hybridized carbons (Fsp3) is 0.143. The molecule has 2 heterocycles. The van der Waals surface area contributed by atoms with Crippen LogP contribution in [0.1, 0.15) is 11.5 Å². The van der Waals surface area contributed by atoms with Crippen molar-refractivity contribution >= 4 is 22.3 Å². The molecule has 0 amide bonds. The van der Waals surface area contributed by atoms with Crippen molar-refractivity contribution in [3.8, 4) is 0 Å².